The van der Waals surface area contributed by atoms with E-state index in [4.69, 9.17) is 16.3 Å². The summed E-state index contributed by atoms with van der Waals surface area (Å²) in [5.74, 6) is -0.958. The zero-order valence-electron chi connectivity index (χ0n) is 7.95. The molecule has 0 saturated carbocycles. The molecule has 2 nitrogen and oxygen atoms in total. The molecule has 0 amide bonds. The Balaban J connectivity index is 2.23. The molecule has 5 heteroatoms. The van der Waals surface area contributed by atoms with E-state index in [0.717, 1.165) is 6.07 Å². The molecule has 0 fully saturated rings. The van der Waals surface area contributed by atoms with E-state index in [2.05, 4.69) is 4.98 Å². The Labute approximate surface area is 95.5 Å². The van der Waals surface area contributed by atoms with Crippen molar-refractivity contribution in [1.82, 2.24) is 4.98 Å². The highest BCUT2D eigenvalue weighted by Crippen LogP contribution is 2.23. The van der Waals surface area contributed by atoms with Gasteiger partial charge in [-0.05, 0) is 30.3 Å². The van der Waals surface area contributed by atoms with Gasteiger partial charge in [0.2, 0.25) is 0 Å². The first-order valence-electron chi connectivity index (χ1n) is 4.39. The van der Waals surface area contributed by atoms with Gasteiger partial charge >= 0.3 is 0 Å². The molecular weight excluding hydrogens is 236 g/mol. The number of benzene rings is 1. The van der Waals surface area contributed by atoms with Gasteiger partial charge in [-0.3, -0.25) is 0 Å². The Hall–Kier alpha value is -1.68. The summed E-state index contributed by atoms with van der Waals surface area (Å²) in [4.78, 5) is 3.67. The Morgan fingerprint density at radius 3 is 2.44 bits per heavy atom. The van der Waals surface area contributed by atoms with Crippen LogP contribution in [0.3, 0.4) is 0 Å². The maximum Gasteiger partial charge on any atom is 0.255 e. The zero-order valence-corrected chi connectivity index (χ0v) is 8.71. The molecule has 1 aromatic heterocycles. The number of rotatable bonds is 2. The fourth-order valence-corrected chi connectivity index (χ4v) is 1.24. The van der Waals surface area contributed by atoms with Gasteiger partial charge in [-0.15, -0.1) is 0 Å². The molecule has 16 heavy (non-hydrogen) atoms. The molecule has 0 unspecified atom stereocenters. The maximum atomic E-state index is 13.3. The van der Waals surface area contributed by atoms with E-state index >= 15 is 0 Å². The summed E-state index contributed by atoms with van der Waals surface area (Å²) >= 11 is 5.53. The lowest BCUT2D eigenvalue weighted by molar-refractivity contribution is 0.422. The van der Waals surface area contributed by atoms with Crippen molar-refractivity contribution in [2.45, 2.75) is 0 Å². The van der Waals surface area contributed by atoms with E-state index < -0.39 is 11.6 Å². The van der Waals surface area contributed by atoms with Gasteiger partial charge < -0.3 is 4.74 Å². The largest absolute Gasteiger partial charge is 0.436 e. The van der Waals surface area contributed by atoms with E-state index in [-0.39, 0.29) is 10.9 Å². The van der Waals surface area contributed by atoms with Crippen LogP contribution >= 0.6 is 11.6 Å². The van der Waals surface area contributed by atoms with E-state index in [0.29, 0.717) is 5.75 Å². The summed E-state index contributed by atoms with van der Waals surface area (Å²) in [7, 11) is 0. The molecule has 0 radical (unpaired) electrons. The van der Waals surface area contributed by atoms with Crippen LogP contribution in [0.15, 0.2) is 36.5 Å². The minimum atomic E-state index is -0.670. The molecule has 0 atom stereocenters. The van der Waals surface area contributed by atoms with Crippen LogP contribution in [0.4, 0.5) is 8.78 Å². The molecule has 0 spiro atoms. The number of hydrogen-bond donors (Lipinski definition) is 0. The van der Waals surface area contributed by atoms with Crippen LogP contribution in [0.5, 0.6) is 11.6 Å². The summed E-state index contributed by atoms with van der Waals surface area (Å²) in [6, 6.07) is 6.27. The molecule has 2 rings (SSSR count). The SMILES string of the molecule is Fc1ccc(Oc2ncc(Cl)cc2F)cc1. The van der Waals surface area contributed by atoms with E-state index in [1.165, 1.54) is 30.5 Å². The lowest BCUT2D eigenvalue weighted by Crippen LogP contribution is -1.91. The number of halogens is 3. The molecule has 82 valence electrons. The lowest BCUT2D eigenvalue weighted by atomic mass is 10.3. The first-order valence-corrected chi connectivity index (χ1v) is 4.77. The minimum Gasteiger partial charge on any atom is -0.436 e. The van der Waals surface area contributed by atoms with Crippen LogP contribution in [0.1, 0.15) is 0 Å². The minimum absolute atomic E-state index is 0.184. The highest BCUT2D eigenvalue weighted by Gasteiger charge is 2.07. The fraction of sp³-hybridized carbons (Fsp3) is 0. The van der Waals surface area contributed by atoms with Crippen molar-refractivity contribution in [2.24, 2.45) is 0 Å². The van der Waals surface area contributed by atoms with Gasteiger partial charge in [0.25, 0.3) is 5.88 Å². The Kier molecular flexibility index (Phi) is 3.01. The number of ether oxygens (including phenoxy) is 1. The predicted octanol–water partition coefficient (Wildman–Crippen LogP) is 3.81. The quantitative estimate of drug-likeness (QED) is 0.798. The molecule has 2 aromatic rings. The standard InChI is InChI=1S/C11H6ClF2NO/c12-7-5-10(14)11(15-6-7)16-9-3-1-8(13)2-4-9/h1-6H. The average Bonchev–Trinajstić information content (AvgIpc) is 2.25. The van der Waals surface area contributed by atoms with Crippen LogP contribution in [-0.2, 0) is 0 Å². The average molecular weight is 242 g/mol. The Morgan fingerprint density at radius 2 is 1.81 bits per heavy atom. The van der Waals surface area contributed by atoms with E-state index in [1.54, 1.807) is 0 Å². The summed E-state index contributed by atoms with van der Waals surface area (Å²) in [5.41, 5.74) is 0. The summed E-state index contributed by atoms with van der Waals surface area (Å²) < 4.78 is 31.0. The van der Waals surface area contributed by atoms with Crippen LogP contribution in [0.25, 0.3) is 0 Å². The molecule has 1 aromatic carbocycles. The third kappa shape index (κ3) is 2.46. The molecular formula is C11H6ClF2NO. The van der Waals surface area contributed by atoms with Gasteiger partial charge in [0, 0.05) is 6.20 Å². The Bertz CT molecular complexity index is 502. The van der Waals surface area contributed by atoms with Gasteiger partial charge in [0.05, 0.1) is 5.02 Å². The number of aromatic nitrogens is 1. The number of nitrogens with zero attached hydrogens (tertiary/aromatic N) is 1. The second-order valence-corrected chi connectivity index (χ2v) is 3.43. The molecule has 0 N–H and O–H groups in total. The van der Waals surface area contributed by atoms with E-state index in [9.17, 15) is 8.78 Å². The van der Waals surface area contributed by atoms with Crippen molar-refractivity contribution in [2.75, 3.05) is 0 Å². The molecule has 0 bridgehead atoms. The second-order valence-electron chi connectivity index (χ2n) is 3.00. The lowest BCUT2D eigenvalue weighted by Gasteiger charge is -2.05. The van der Waals surface area contributed by atoms with Crippen molar-refractivity contribution in [3.63, 3.8) is 0 Å². The summed E-state index contributed by atoms with van der Waals surface area (Å²) in [6.45, 7) is 0. The monoisotopic (exact) mass is 241 g/mol. The smallest absolute Gasteiger partial charge is 0.255 e. The van der Waals surface area contributed by atoms with Crippen LogP contribution in [-0.4, -0.2) is 4.98 Å². The molecule has 0 aliphatic carbocycles. The van der Waals surface area contributed by atoms with Crippen LogP contribution in [0, 0.1) is 11.6 Å². The molecule has 0 aliphatic heterocycles. The third-order valence-corrected chi connectivity index (χ3v) is 2.01. The zero-order chi connectivity index (χ0) is 11.5. The van der Waals surface area contributed by atoms with Crippen LogP contribution < -0.4 is 4.74 Å². The van der Waals surface area contributed by atoms with Gasteiger partial charge in [-0.2, -0.15) is 0 Å². The second kappa shape index (κ2) is 4.45. The molecule has 0 saturated heterocycles. The Morgan fingerprint density at radius 1 is 1.12 bits per heavy atom. The van der Waals surface area contributed by atoms with Crippen molar-refractivity contribution < 1.29 is 13.5 Å². The van der Waals surface area contributed by atoms with Gasteiger partial charge in [-0.25, -0.2) is 13.8 Å². The molecule has 1 heterocycles. The fourth-order valence-electron chi connectivity index (χ4n) is 1.09. The number of pyridine rings is 1. The first-order chi connectivity index (χ1) is 7.65. The normalized spacial score (nSPS) is 10.2. The summed E-state index contributed by atoms with van der Waals surface area (Å²) in [6.07, 6.45) is 1.27. The maximum absolute atomic E-state index is 13.3. The topological polar surface area (TPSA) is 22.1 Å². The van der Waals surface area contributed by atoms with Gasteiger partial charge in [0.15, 0.2) is 5.82 Å². The van der Waals surface area contributed by atoms with Gasteiger partial charge in [-0.1, -0.05) is 11.6 Å². The van der Waals surface area contributed by atoms with Crippen LogP contribution in [0.2, 0.25) is 5.02 Å². The van der Waals surface area contributed by atoms with Crippen molar-refractivity contribution in [1.29, 1.82) is 0 Å². The highest BCUT2D eigenvalue weighted by atomic mass is 35.5. The third-order valence-electron chi connectivity index (χ3n) is 1.80. The van der Waals surface area contributed by atoms with E-state index in [1.807, 2.05) is 0 Å². The van der Waals surface area contributed by atoms with Crippen molar-refractivity contribution >= 4 is 11.6 Å². The van der Waals surface area contributed by atoms with Crippen molar-refractivity contribution in [3.05, 3.63) is 53.2 Å². The van der Waals surface area contributed by atoms with Crippen molar-refractivity contribution in [3.8, 4) is 11.6 Å². The van der Waals surface area contributed by atoms with Gasteiger partial charge in [0.1, 0.15) is 11.6 Å². The predicted molar refractivity (Wildman–Crippen MR) is 55.7 cm³/mol. The number of hydrogen-bond acceptors (Lipinski definition) is 2. The first kappa shape index (κ1) is 10.8. The molecule has 0 aliphatic rings. The highest BCUT2D eigenvalue weighted by molar-refractivity contribution is 6.30. The summed E-state index contributed by atoms with van der Waals surface area (Å²) in [5, 5.41) is 0.184.